The highest BCUT2D eigenvalue weighted by Gasteiger charge is 2.18. The molecule has 0 spiro atoms. The highest BCUT2D eigenvalue weighted by molar-refractivity contribution is 6.35. The fraction of sp³-hybridized carbons (Fsp3) is 0.273. The highest BCUT2D eigenvalue weighted by Crippen LogP contribution is 2.29. The Labute approximate surface area is 88.1 Å². The van der Waals surface area contributed by atoms with Crippen LogP contribution in [0.5, 0.6) is 0 Å². The number of hydrogen-bond acceptors (Lipinski definition) is 1. The molecule has 2 aromatic rings. The summed E-state index contributed by atoms with van der Waals surface area (Å²) in [5, 5.41) is 1.77. The molecule has 1 aromatic carbocycles. The van der Waals surface area contributed by atoms with Crippen molar-refractivity contribution in [3.8, 4) is 0 Å². The minimum Gasteiger partial charge on any atom is -0.359 e. The number of nitrogens with one attached hydrogen (secondary N) is 1. The van der Waals surface area contributed by atoms with Gasteiger partial charge in [-0.1, -0.05) is 29.8 Å². The topological polar surface area (TPSA) is 41.8 Å². The molecule has 0 saturated carbocycles. The molecule has 1 aromatic heterocycles. The molecular formula is C11H13ClN2. The molecular weight excluding hydrogens is 196 g/mol. The van der Waals surface area contributed by atoms with Crippen molar-refractivity contribution in [3.05, 3.63) is 35.0 Å². The van der Waals surface area contributed by atoms with Crippen molar-refractivity contribution in [3.63, 3.8) is 0 Å². The lowest BCUT2D eigenvalue weighted by molar-refractivity contribution is 0.559. The standard InChI is InChI=1S/C11H13ClN2/c1-11(2,13)8-5-3-4-7-9(12)6-14-10(7)8/h3-6,14H,13H2,1-2H3. The Morgan fingerprint density at radius 2 is 2.07 bits per heavy atom. The molecule has 2 rings (SSSR count). The van der Waals surface area contributed by atoms with Gasteiger partial charge in [0.1, 0.15) is 0 Å². The molecule has 0 saturated heterocycles. The van der Waals surface area contributed by atoms with Crippen LogP contribution in [0, 0.1) is 0 Å². The number of H-pyrrole nitrogens is 1. The van der Waals surface area contributed by atoms with E-state index in [1.165, 1.54) is 0 Å². The van der Waals surface area contributed by atoms with Crippen LogP contribution >= 0.6 is 11.6 Å². The zero-order chi connectivity index (χ0) is 10.3. The quantitative estimate of drug-likeness (QED) is 0.743. The average Bonchev–Trinajstić information content (AvgIpc) is 2.46. The van der Waals surface area contributed by atoms with E-state index in [4.69, 9.17) is 17.3 Å². The summed E-state index contributed by atoms with van der Waals surface area (Å²) >= 11 is 6.02. The zero-order valence-corrected chi connectivity index (χ0v) is 9.02. The van der Waals surface area contributed by atoms with Crippen LogP contribution in [0.15, 0.2) is 24.4 Å². The maximum Gasteiger partial charge on any atom is 0.0659 e. The lowest BCUT2D eigenvalue weighted by Crippen LogP contribution is -2.28. The van der Waals surface area contributed by atoms with Crippen LogP contribution in [0.4, 0.5) is 0 Å². The van der Waals surface area contributed by atoms with Gasteiger partial charge in [0, 0.05) is 17.1 Å². The van der Waals surface area contributed by atoms with Gasteiger partial charge in [0.15, 0.2) is 0 Å². The zero-order valence-electron chi connectivity index (χ0n) is 8.26. The van der Waals surface area contributed by atoms with E-state index in [1.807, 2.05) is 32.0 Å². The molecule has 0 bridgehead atoms. The Balaban J connectivity index is 2.79. The Morgan fingerprint density at radius 1 is 1.36 bits per heavy atom. The maximum atomic E-state index is 6.07. The molecule has 14 heavy (non-hydrogen) atoms. The summed E-state index contributed by atoms with van der Waals surface area (Å²) in [7, 11) is 0. The van der Waals surface area contributed by atoms with Gasteiger partial charge in [0.25, 0.3) is 0 Å². The van der Waals surface area contributed by atoms with Crippen molar-refractivity contribution in [2.75, 3.05) is 0 Å². The first-order chi connectivity index (χ1) is 6.50. The Hall–Kier alpha value is -0.990. The van der Waals surface area contributed by atoms with Gasteiger partial charge in [0.2, 0.25) is 0 Å². The molecule has 0 aliphatic rings. The number of hydrogen-bond donors (Lipinski definition) is 2. The highest BCUT2D eigenvalue weighted by atomic mass is 35.5. The second-order valence-electron chi connectivity index (χ2n) is 4.09. The average molecular weight is 209 g/mol. The largest absolute Gasteiger partial charge is 0.359 e. The molecule has 0 aliphatic heterocycles. The Morgan fingerprint density at radius 3 is 2.71 bits per heavy atom. The van der Waals surface area contributed by atoms with Crippen LogP contribution < -0.4 is 5.73 Å². The van der Waals surface area contributed by atoms with E-state index >= 15 is 0 Å². The van der Waals surface area contributed by atoms with E-state index in [-0.39, 0.29) is 5.54 Å². The summed E-state index contributed by atoms with van der Waals surface area (Å²) in [5.74, 6) is 0. The van der Waals surface area contributed by atoms with Crippen LogP contribution in [0.25, 0.3) is 10.9 Å². The molecule has 2 nitrogen and oxygen atoms in total. The van der Waals surface area contributed by atoms with Crippen molar-refractivity contribution in [1.82, 2.24) is 4.98 Å². The molecule has 0 unspecified atom stereocenters. The van der Waals surface area contributed by atoms with Gasteiger partial charge in [0.05, 0.1) is 10.5 Å². The first kappa shape index (κ1) is 9.56. The van der Waals surface area contributed by atoms with Crippen molar-refractivity contribution in [2.45, 2.75) is 19.4 Å². The van der Waals surface area contributed by atoms with E-state index in [9.17, 15) is 0 Å². The second-order valence-corrected chi connectivity index (χ2v) is 4.49. The summed E-state index contributed by atoms with van der Waals surface area (Å²) in [5.41, 5.74) is 7.83. The van der Waals surface area contributed by atoms with Gasteiger partial charge >= 0.3 is 0 Å². The molecule has 74 valence electrons. The number of fused-ring (bicyclic) bond motifs is 1. The summed E-state index contributed by atoms with van der Waals surface area (Å²) < 4.78 is 0. The molecule has 0 aliphatic carbocycles. The third kappa shape index (κ3) is 1.41. The van der Waals surface area contributed by atoms with Crippen LogP contribution in [-0.2, 0) is 5.54 Å². The molecule has 0 radical (unpaired) electrons. The van der Waals surface area contributed by atoms with E-state index in [2.05, 4.69) is 4.98 Å². The van der Waals surface area contributed by atoms with Crippen molar-refractivity contribution < 1.29 is 0 Å². The van der Waals surface area contributed by atoms with Gasteiger partial charge in [-0.2, -0.15) is 0 Å². The summed E-state index contributed by atoms with van der Waals surface area (Å²) in [6.07, 6.45) is 1.79. The van der Waals surface area contributed by atoms with Gasteiger partial charge in [-0.25, -0.2) is 0 Å². The number of nitrogens with two attached hydrogens (primary N) is 1. The predicted octanol–water partition coefficient (Wildman–Crippen LogP) is 3.02. The minimum absolute atomic E-state index is 0.353. The molecule has 3 N–H and O–H groups in total. The first-order valence-corrected chi connectivity index (χ1v) is 4.93. The normalized spacial score (nSPS) is 12.3. The maximum absolute atomic E-state index is 6.07. The molecule has 0 fully saturated rings. The number of para-hydroxylation sites is 1. The number of rotatable bonds is 1. The predicted molar refractivity (Wildman–Crippen MR) is 60.5 cm³/mol. The Bertz CT molecular complexity index is 466. The smallest absolute Gasteiger partial charge is 0.0659 e. The van der Waals surface area contributed by atoms with Gasteiger partial charge in [-0.05, 0) is 19.4 Å². The van der Waals surface area contributed by atoms with Crippen LogP contribution in [0.1, 0.15) is 19.4 Å². The van der Waals surface area contributed by atoms with Crippen LogP contribution in [0.3, 0.4) is 0 Å². The van der Waals surface area contributed by atoms with Crippen molar-refractivity contribution in [1.29, 1.82) is 0 Å². The number of aromatic nitrogens is 1. The van der Waals surface area contributed by atoms with Crippen molar-refractivity contribution in [2.24, 2.45) is 5.73 Å². The number of benzene rings is 1. The van der Waals surface area contributed by atoms with E-state index < -0.39 is 0 Å². The third-order valence-corrected chi connectivity index (χ3v) is 2.67. The number of aromatic amines is 1. The fourth-order valence-corrected chi connectivity index (χ4v) is 1.87. The lowest BCUT2D eigenvalue weighted by Gasteiger charge is -2.19. The van der Waals surface area contributed by atoms with Crippen LogP contribution in [0.2, 0.25) is 5.02 Å². The SMILES string of the molecule is CC(C)(N)c1cccc2c(Cl)c[nH]c12. The summed E-state index contributed by atoms with van der Waals surface area (Å²) in [6, 6.07) is 5.99. The molecule has 3 heteroatoms. The summed E-state index contributed by atoms with van der Waals surface area (Å²) in [4.78, 5) is 3.15. The number of halogens is 1. The van der Waals surface area contributed by atoms with Gasteiger partial charge in [-0.3, -0.25) is 0 Å². The monoisotopic (exact) mass is 208 g/mol. The van der Waals surface area contributed by atoms with Gasteiger partial charge < -0.3 is 10.7 Å². The van der Waals surface area contributed by atoms with Crippen LogP contribution in [-0.4, -0.2) is 4.98 Å². The van der Waals surface area contributed by atoms with Crippen molar-refractivity contribution >= 4 is 22.5 Å². The second kappa shape index (κ2) is 3.01. The molecule has 1 heterocycles. The Kier molecular flexibility index (Phi) is 2.05. The third-order valence-electron chi connectivity index (χ3n) is 2.36. The van der Waals surface area contributed by atoms with E-state index in [1.54, 1.807) is 6.20 Å². The lowest BCUT2D eigenvalue weighted by atomic mass is 9.94. The minimum atomic E-state index is -0.353. The van der Waals surface area contributed by atoms with Gasteiger partial charge in [-0.15, -0.1) is 0 Å². The molecule has 0 atom stereocenters. The fourth-order valence-electron chi connectivity index (χ4n) is 1.66. The summed E-state index contributed by atoms with van der Waals surface area (Å²) in [6.45, 7) is 3.97. The first-order valence-electron chi connectivity index (χ1n) is 4.55. The van der Waals surface area contributed by atoms with E-state index in [0.29, 0.717) is 0 Å². The molecule has 0 amide bonds. The van der Waals surface area contributed by atoms with E-state index in [0.717, 1.165) is 21.5 Å².